The lowest BCUT2D eigenvalue weighted by molar-refractivity contribution is 0.0836. The molecule has 4 rings (SSSR count). The largest absolute Gasteiger partial charge is 0.396 e. The molecule has 0 bridgehead atoms. The van der Waals surface area contributed by atoms with Crippen LogP contribution in [-0.2, 0) is 22.9 Å². The van der Waals surface area contributed by atoms with Crippen molar-refractivity contribution in [1.82, 2.24) is 19.3 Å². The van der Waals surface area contributed by atoms with Crippen molar-refractivity contribution in [1.29, 1.82) is 0 Å². The molecular weight excluding hydrogens is 559 g/mol. The van der Waals surface area contributed by atoms with Crippen LogP contribution in [0.15, 0.2) is 36.7 Å². The smallest absolute Gasteiger partial charge is 0.163 e. The number of halogens is 3. The summed E-state index contributed by atoms with van der Waals surface area (Å²) in [4.78, 5) is 4.48. The molecule has 0 spiro atoms. The lowest BCUT2D eigenvalue weighted by Gasteiger charge is -2.24. The number of hydrogen-bond donors (Lipinski definition) is 1. The molecule has 2 aromatic heterocycles. The molecule has 2 aromatic carbocycles. The molecule has 0 aliphatic rings. The zero-order valence-corrected chi connectivity index (χ0v) is 25.5. The second-order valence-electron chi connectivity index (χ2n) is 11.4. The van der Waals surface area contributed by atoms with E-state index < -0.39 is 43.2 Å². The second kappa shape index (κ2) is 12.1. The molecule has 0 radical (unpaired) electrons. The number of benzene rings is 2. The first-order valence-electron chi connectivity index (χ1n) is 12.7. The van der Waals surface area contributed by atoms with E-state index in [2.05, 4.69) is 47.6 Å². The molecule has 2 heterocycles. The van der Waals surface area contributed by atoms with E-state index in [4.69, 9.17) is 15.2 Å². The first kappa shape index (κ1) is 30.3. The van der Waals surface area contributed by atoms with Gasteiger partial charge in [-0.25, -0.2) is 42.9 Å². The van der Waals surface area contributed by atoms with Crippen LogP contribution in [0, 0.1) is 17.5 Å². The molecule has 0 unspecified atom stereocenters. The summed E-state index contributed by atoms with van der Waals surface area (Å²) >= 11 is 0. The van der Waals surface area contributed by atoms with Crippen LogP contribution >= 0.6 is 20.1 Å². The third-order valence-corrected chi connectivity index (χ3v) is 9.04. The zero-order chi connectivity index (χ0) is 29.2. The number of aromatic nitrogens is 4. The molecule has 2 N–H and O–H groups in total. The van der Waals surface area contributed by atoms with E-state index in [1.807, 2.05) is 4.57 Å². The van der Waals surface area contributed by atoms with Crippen LogP contribution in [0.1, 0.15) is 0 Å². The van der Waals surface area contributed by atoms with Gasteiger partial charge in [0.25, 0.3) is 0 Å². The molecule has 0 saturated carbocycles. The molecule has 0 amide bonds. The molecule has 0 aliphatic heterocycles. The number of nitrogen functional groups attached to an aromatic ring is 1. The van der Waals surface area contributed by atoms with Crippen molar-refractivity contribution in [2.75, 3.05) is 68.0 Å². The van der Waals surface area contributed by atoms with Gasteiger partial charge < -0.3 is 19.8 Å². The number of nitrogens with two attached hydrogens (primary N) is 1. The Morgan fingerprint density at radius 2 is 1.50 bits per heavy atom. The van der Waals surface area contributed by atoms with E-state index in [0.717, 1.165) is 23.6 Å². The van der Waals surface area contributed by atoms with Crippen LogP contribution in [-0.4, -0.2) is 81.6 Å². The first-order chi connectivity index (χ1) is 18.7. The number of rotatable bonds is 12. The molecule has 40 heavy (non-hydrogen) atoms. The molecule has 12 heteroatoms. The van der Waals surface area contributed by atoms with Crippen molar-refractivity contribution in [3.8, 4) is 22.6 Å². The van der Waals surface area contributed by atoms with Gasteiger partial charge in [-0.2, -0.15) is 5.10 Å². The van der Waals surface area contributed by atoms with E-state index in [1.165, 1.54) is 10.7 Å². The molecule has 4 aromatic rings. The summed E-state index contributed by atoms with van der Waals surface area (Å²) in [5, 5.41) is 5.14. The highest BCUT2D eigenvalue weighted by molar-refractivity contribution is 8.32. The van der Waals surface area contributed by atoms with E-state index in [9.17, 15) is 8.78 Å². The van der Waals surface area contributed by atoms with E-state index >= 15 is 4.39 Å². The summed E-state index contributed by atoms with van der Waals surface area (Å²) in [7, 11) is -1.48. The van der Waals surface area contributed by atoms with Gasteiger partial charge in [-0.3, -0.25) is 0 Å². The lowest BCUT2D eigenvalue weighted by Crippen LogP contribution is -2.12. The maximum atomic E-state index is 16.2. The van der Waals surface area contributed by atoms with E-state index in [1.54, 1.807) is 18.5 Å². The van der Waals surface area contributed by atoms with Gasteiger partial charge in [0.15, 0.2) is 17.5 Å². The van der Waals surface area contributed by atoms with Crippen LogP contribution in [0.25, 0.3) is 33.5 Å². The molecule has 220 valence electrons. The molecule has 0 fully saturated rings. The maximum absolute atomic E-state index is 16.2. The van der Waals surface area contributed by atoms with Gasteiger partial charge in [-0.15, -0.1) is 0 Å². The monoisotopic (exact) mass is 597 g/mol. The first-order valence-corrected chi connectivity index (χ1v) is 18.7. The number of hydrogen-bond acceptors (Lipinski definition) is 5. The van der Waals surface area contributed by atoms with Crippen LogP contribution in [0.2, 0.25) is 0 Å². The molecule has 0 saturated heterocycles. The Labute approximate surface area is 236 Å². The van der Waals surface area contributed by atoms with Crippen molar-refractivity contribution < 1.29 is 22.6 Å². The number of fused-ring (bicyclic) bond motifs is 1. The number of anilines is 1. The minimum absolute atomic E-state index is 0.0221. The number of ether oxygens (including phenoxy) is 2. The van der Waals surface area contributed by atoms with Crippen LogP contribution < -0.4 is 5.73 Å². The van der Waals surface area contributed by atoms with Gasteiger partial charge in [0, 0.05) is 40.4 Å². The van der Waals surface area contributed by atoms with Gasteiger partial charge >= 0.3 is 0 Å². The SMILES string of the molecule is CS(C)(C)CCOCn1ccnc1-c1nn(COCCS(C)(C)C)c2c(F)c(-c3cc(F)cc(N)c3F)ccc12. The Balaban J connectivity index is 1.75. The van der Waals surface area contributed by atoms with Crippen molar-refractivity contribution in [2.24, 2.45) is 0 Å². The van der Waals surface area contributed by atoms with Crippen LogP contribution in [0.5, 0.6) is 0 Å². The van der Waals surface area contributed by atoms with Gasteiger partial charge in [0.2, 0.25) is 0 Å². The highest BCUT2D eigenvalue weighted by Crippen LogP contribution is 2.37. The Morgan fingerprint density at radius 1 is 0.850 bits per heavy atom. The van der Waals surface area contributed by atoms with Gasteiger partial charge in [0.05, 0.1) is 18.9 Å². The number of imidazole rings is 1. The summed E-state index contributed by atoms with van der Waals surface area (Å²) in [5.74, 6) is -0.0616. The fourth-order valence-electron chi connectivity index (χ4n) is 4.07. The topological polar surface area (TPSA) is 80.1 Å². The lowest BCUT2D eigenvalue weighted by atomic mass is 10.0. The van der Waals surface area contributed by atoms with E-state index in [-0.39, 0.29) is 30.1 Å². The van der Waals surface area contributed by atoms with Crippen molar-refractivity contribution >= 4 is 36.6 Å². The number of nitrogens with zero attached hydrogens (tertiary/aromatic N) is 4. The summed E-state index contributed by atoms with van der Waals surface area (Å²) in [6, 6.07) is 4.84. The van der Waals surface area contributed by atoms with Gasteiger partial charge in [0.1, 0.15) is 30.5 Å². The Kier molecular flexibility index (Phi) is 9.13. The maximum Gasteiger partial charge on any atom is 0.163 e. The summed E-state index contributed by atoms with van der Waals surface area (Å²) in [5.41, 5.74) is 5.38. The standard InChI is InChI=1S/C28H38F3N5O2S2/c1-39(2,3)13-11-37-17-35-10-9-33-28(35)26-21-8-7-20(22-15-19(29)16-23(32)24(22)30)25(31)27(21)36(34-26)18-38-12-14-40(4,5)6/h7-10,15-16H,11-14,17-18,32H2,1-6H3. The molecule has 7 nitrogen and oxygen atoms in total. The highest BCUT2D eigenvalue weighted by Gasteiger charge is 2.24. The Bertz CT molecular complexity index is 1490. The fourth-order valence-corrected chi connectivity index (χ4v) is 5.30. The minimum Gasteiger partial charge on any atom is -0.396 e. The average Bonchev–Trinajstić information content (AvgIpc) is 3.46. The van der Waals surface area contributed by atoms with Crippen LogP contribution in [0.4, 0.5) is 18.9 Å². The van der Waals surface area contributed by atoms with Gasteiger partial charge in [-0.05, 0) is 55.7 Å². The Hall–Kier alpha value is -2.67. The Morgan fingerprint density at radius 3 is 2.15 bits per heavy atom. The van der Waals surface area contributed by atoms with Crippen LogP contribution in [0.3, 0.4) is 0 Å². The molecule has 0 atom stereocenters. The predicted molar refractivity (Wildman–Crippen MR) is 163 cm³/mol. The quantitative estimate of drug-likeness (QED) is 0.162. The van der Waals surface area contributed by atoms with Gasteiger partial charge in [-0.1, -0.05) is 6.07 Å². The normalized spacial score (nSPS) is 13.3. The highest BCUT2D eigenvalue weighted by atomic mass is 32.3. The average molecular weight is 598 g/mol. The summed E-state index contributed by atoms with van der Waals surface area (Å²) in [6.45, 7) is 1.32. The second-order valence-corrected chi connectivity index (χ2v) is 20.6. The van der Waals surface area contributed by atoms with Crippen molar-refractivity contribution in [3.05, 3.63) is 54.1 Å². The minimum atomic E-state index is -0.889. The van der Waals surface area contributed by atoms with Crippen molar-refractivity contribution in [3.63, 3.8) is 0 Å². The third-order valence-electron chi connectivity index (χ3n) is 6.26. The zero-order valence-electron chi connectivity index (χ0n) is 23.8. The predicted octanol–water partition coefficient (Wildman–Crippen LogP) is 5.90. The molecular formula is C28H38F3N5O2S2. The summed E-state index contributed by atoms with van der Waals surface area (Å²) in [6.07, 6.45) is 16.7. The molecule has 0 aliphatic carbocycles. The summed E-state index contributed by atoms with van der Waals surface area (Å²) < 4.78 is 60.2. The third kappa shape index (κ3) is 7.15. The fraction of sp³-hybridized carbons (Fsp3) is 0.429. The van der Waals surface area contributed by atoms with E-state index in [0.29, 0.717) is 30.1 Å². The van der Waals surface area contributed by atoms with Crippen molar-refractivity contribution in [2.45, 2.75) is 13.5 Å².